The van der Waals surface area contributed by atoms with Crippen molar-refractivity contribution in [2.75, 3.05) is 14.2 Å². The maximum absolute atomic E-state index is 5.32. The third kappa shape index (κ3) is 3.82. The molecule has 0 fully saturated rings. The maximum atomic E-state index is 5.32. The van der Waals surface area contributed by atoms with E-state index in [9.17, 15) is 0 Å². The molecule has 0 amide bonds. The number of rotatable bonds is 4. The molecule has 2 heterocycles. The van der Waals surface area contributed by atoms with Crippen molar-refractivity contribution in [1.82, 2.24) is 4.57 Å². The van der Waals surface area contributed by atoms with Crippen LogP contribution in [0.25, 0.3) is 23.0 Å². The molecule has 34 heavy (non-hydrogen) atoms. The van der Waals surface area contributed by atoms with E-state index in [2.05, 4.69) is 120 Å². The normalized spacial score (nSPS) is 14.1. The van der Waals surface area contributed by atoms with E-state index in [0.29, 0.717) is 0 Å². The summed E-state index contributed by atoms with van der Waals surface area (Å²) in [5, 5.41) is 0. The first-order chi connectivity index (χ1) is 16.4. The van der Waals surface area contributed by atoms with Crippen LogP contribution in [-0.2, 0) is 7.05 Å². The number of hydrogen-bond donors (Lipinski definition) is 0. The van der Waals surface area contributed by atoms with Gasteiger partial charge in [-0.15, -0.1) is 0 Å². The summed E-state index contributed by atoms with van der Waals surface area (Å²) in [4.78, 5) is 0. The molecule has 0 unspecified atom stereocenters. The Kier molecular flexibility index (Phi) is 5.78. The molecule has 4 heteroatoms. The third-order valence-electron chi connectivity index (χ3n) is 6.68. The van der Waals surface area contributed by atoms with Gasteiger partial charge in [-0.2, -0.15) is 4.58 Å². The van der Waals surface area contributed by atoms with Gasteiger partial charge in [0.1, 0.15) is 12.8 Å². The van der Waals surface area contributed by atoms with Gasteiger partial charge in [-0.3, -0.25) is 0 Å². The van der Waals surface area contributed by atoms with E-state index in [-0.39, 0.29) is 0 Å². The molecular weight excluding hydrogens is 484 g/mol. The van der Waals surface area contributed by atoms with E-state index < -0.39 is 0 Å². The number of ether oxygens (including phenoxy) is 1. The lowest BCUT2D eigenvalue weighted by atomic mass is 9.95. The molecule has 1 aliphatic rings. The molecule has 1 aromatic heterocycles. The molecule has 0 radical (unpaired) electrons. The number of nitrogens with zero attached hydrogens (tertiary/aromatic N) is 2. The van der Waals surface area contributed by atoms with Crippen LogP contribution in [0.2, 0.25) is 0 Å². The average molecular weight is 512 g/mol. The molecule has 3 aromatic carbocycles. The van der Waals surface area contributed by atoms with Gasteiger partial charge in [0.25, 0.3) is 0 Å². The van der Waals surface area contributed by atoms with E-state index in [1.54, 1.807) is 7.11 Å². The molecule has 0 N–H and O–H groups in total. The van der Waals surface area contributed by atoms with Crippen molar-refractivity contribution in [3.05, 3.63) is 111 Å². The van der Waals surface area contributed by atoms with Crippen molar-refractivity contribution < 1.29 is 9.31 Å². The highest BCUT2D eigenvalue weighted by molar-refractivity contribution is 9.10. The predicted octanol–water partition coefficient (Wildman–Crippen LogP) is 7.07. The van der Waals surface area contributed by atoms with Gasteiger partial charge in [0.05, 0.1) is 18.2 Å². The number of benzene rings is 3. The van der Waals surface area contributed by atoms with Gasteiger partial charge in [0.15, 0.2) is 0 Å². The summed E-state index contributed by atoms with van der Waals surface area (Å²) in [5.41, 5.74) is 12.3. The predicted molar refractivity (Wildman–Crippen MR) is 145 cm³/mol. The highest BCUT2D eigenvalue weighted by Crippen LogP contribution is 2.35. The number of aryl methyl sites for hydroxylation is 2. The van der Waals surface area contributed by atoms with Crippen molar-refractivity contribution in [3.8, 4) is 17.0 Å². The summed E-state index contributed by atoms with van der Waals surface area (Å²) in [5.74, 6) is 0.866. The Hall–Kier alpha value is -3.37. The van der Waals surface area contributed by atoms with Gasteiger partial charge >= 0.3 is 0 Å². The van der Waals surface area contributed by atoms with Gasteiger partial charge in [0, 0.05) is 34.5 Å². The molecule has 3 nitrogen and oxygen atoms in total. The van der Waals surface area contributed by atoms with Crippen LogP contribution in [0.1, 0.15) is 33.5 Å². The van der Waals surface area contributed by atoms with Crippen LogP contribution in [-0.4, -0.2) is 29.0 Å². The fourth-order valence-corrected chi connectivity index (χ4v) is 5.22. The van der Waals surface area contributed by atoms with Crippen molar-refractivity contribution in [1.29, 1.82) is 0 Å². The molecule has 1 aliphatic heterocycles. The topological polar surface area (TPSA) is 17.2 Å². The van der Waals surface area contributed by atoms with E-state index in [1.165, 1.54) is 50.5 Å². The van der Waals surface area contributed by atoms with Crippen molar-refractivity contribution in [3.63, 3.8) is 0 Å². The zero-order valence-corrected chi connectivity index (χ0v) is 21.8. The van der Waals surface area contributed by atoms with Gasteiger partial charge in [-0.25, -0.2) is 0 Å². The molecule has 4 aromatic rings. The fourth-order valence-electron chi connectivity index (χ4n) is 4.86. The Labute approximate surface area is 209 Å². The summed E-state index contributed by atoms with van der Waals surface area (Å²) in [7, 11) is 5.99. The van der Waals surface area contributed by atoms with Crippen LogP contribution >= 0.6 is 15.9 Å². The van der Waals surface area contributed by atoms with Gasteiger partial charge in [0.2, 0.25) is 11.4 Å². The minimum atomic E-state index is 0.866. The van der Waals surface area contributed by atoms with Crippen LogP contribution in [0.15, 0.2) is 77.3 Å². The monoisotopic (exact) mass is 511 g/mol. The first-order valence-corrected chi connectivity index (χ1v) is 12.2. The van der Waals surface area contributed by atoms with Gasteiger partial charge in [-0.05, 0) is 85.6 Å². The summed E-state index contributed by atoms with van der Waals surface area (Å²) in [6, 6.07) is 25.9. The second kappa shape index (κ2) is 8.77. The fraction of sp³-hybridized carbons (Fsp3) is 0.167. The van der Waals surface area contributed by atoms with Crippen LogP contribution in [0.4, 0.5) is 0 Å². The summed E-state index contributed by atoms with van der Waals surface area (Å²) >= 11 is 3.69. The Morgan fingerprint density at radius 3 is 2.29 bits per heavy atom. The number of aromatic nitrogens is 1. The standard InChI is InChI=1S/C30H28BrN2O/c1-19-6-13-25(20(2)16-19)30-27-17-22(31)9-14-26(27)29(33(30)4)18-23-10-15-28(32(23)3)21-7-11-24(34-5)12-8-21/h6-18H,1-5H3/q+1. The summed E-state index contributed by atoms with van der Waals surface area (Å²) < 4.78 is 11.0. The second-order valence-corrected chi connectivity index (χ2v) is 9.79. The zero-order valence-electron chi connectivity index (χ0n) is 20.2. The highest BCUT2D eigenvalue weighted by atomic mass is 79.9. The molecule has 0 saturated carbocycles. The lowest BCUT2D eigenvalue weighted by Gasteiger charge is -2.07. The summed E-state index contributed by atoms with van der Waals surface area (Å²) in [6.07, 6.45) is 2.29. The molecule has 0 aliphatic carbocycles. The third-order valence-corrected chi connectivity index (χ3v) is 7.17. The Balaban J connectivity index is 1.64. The SMILES string of the molecule is COc1ccc(-c2ccc(C=C3c4ccc(Br)cc4C(c4ccc(C)cc4C)=[N+]3C)n2C)cc1. The Bertz CT molecular complexity index is 1470. The minimum Gasteiger partial charge on any atom is -0.497 e. The van der Waals surface area contributed by atoms with Crippen LogP contribution in [0, 0.1) is 13.8 Å². The molecule has 5 rings (SSSR count). The van der Waals surface area contributed by atoms with Crippen molar-refractivity contribution in [2.24, 2.45) is 7.05 Å². The Morgan fingerprint density at radius 1 is 0.853 bits per heavy atom. The van der Waals surface area contributed by atoms with Gasteiger partial charge < -0.3 is 9.30 Å². The van der Waals surface area contributed by atoms with Gasteiger partial charge in [-0.1, -0.05) is 33.6 Å². The molecule has 0 bridgehead atoms. The summed E-state index contributed by atoms with van der Waals surface area (Å²) in [6.45, 7) is 4.34. The second-order valence-electron chi connectivity index (χ2n) is 8.88. The van der Waals surface area contributed by atoms with E-state index in [0.717, 1.165) is 15.9 Å². The van der Waals surface area contributed by atoms with Crippen molar-refractivity contribution in [2.45, 2.75) is 13.8 Å². The first kappa shape index (κ1) is 22.4. The van der Waals surface area contributed by atoms with Crippen LogP contribution in [0.3, 0.4) is 0 Å². The number of methoxy groups -OCH3 is 1. The van der Waals surface area contributed by atoms with E-state index >= 15 is 0 Å². The Morgan fingerprint density at radius 2 is 1.59 bits per heavy atom. The molecular formula is C30H28BrN2O+. The highest BCUT2D eigenvalue weighted by Gasteiger charge is 2.34. The maximum Gasteiger partial charge on any atom is 0.221 e. The largest absolute Gasteiger partial charge is 0.497 e. The molecule has 0 saturated heterocycles. The molecule has 0 atom stereocenters. The quantitative estimate of drug-likeness (QED) is 0.267. The number of halogens is 1. The lowest BCUT2D eigenvalue weighted by molar-refractivity contribution is -0.389. The van der Waals surface area contributed by atoms with Crippen LogP contribution < -0.4 is 4.74 Å². The van der Waals surface area contributed by atoms with E-state index in [4.69, 9.17) is 4.74 Å². The van der Waals surface area contributed by atoms with Crippen LogP contribution in [0.5, 0.6) is 5.75 Å². The van der Waals surface area contributed by atoms with E-state index in [1.807, 2.05) is 12.1 Å². The lowest BCUT2D eigenvalue weighted by Crippen LogP contribution is -2.13. The molecule has 0 spiro atoms. The number of fused-ring (bicyclic) bond motifs is 1. The number of hydrogen-bond acceptors (Lipinski definition) is 1. The van der Waals surface area contributed by atoms with Crippen molar-refractivity contribution >= 4 is 33.4 Å². The smallest absolute Gasteiger partial charge is 0.221 e. The average Bonchev–Trinajstić information content (AvgIpc) is 3.31. The minimum absolute atomic E-state index is 0.866. The zero-order chi connectivity index (χ0) is 24.0. The molecule has 170 valence electrons. The first-order valence-electron chi connectivity index (χ1n) is 11.4.